The zero-order chi connectivity index (χ0) is 16.4. The van der Waals surface area contributed by atoms with E-state index in [2.05, 4.69) is 25.9 Å². The Bertz CT molecular complexity index is 640. The lowest BCUT2D eigenvalue weighted by Gasteiger charge is -2.30. The molecule has 2 aliphatic rings. The number of imide groups is 1. The van der Waals surface area contributed by atoms with E-state index < -0.39 is 17.5 Å². The summed E-state index contributed by atoms with van der Waals surface area (Å²) in [5.41, 5.74) is 6.87. The van der Waals surface area contributed by atoms with Crippen molar-refractivity contribution in [3.05, 3.63) is 0 Å². The van der Waals surface area contributed by atoms with Crippen molar-refractivity contribution in [2.24, 2.45) is 0 Å². The number of nitrogens with two attached hydrogens (primary N) is 1. The number of carbonyl (C=O) groups excluding carboxylic acids is 3. The molecular formula is C12H17N7O3S. The number of aromatic amines is 1. The average molecular weight is 339 g/mol. The SMILES string of the molecule is Nc1nc(SCC(=O)NN2C(=O)NC3(CCCCC3)C2=O)n[nH]1. The first-order valence-corrected chi connectivity index (χ1v) is 8.26. The Kier molecular flexibility index (Phi) is 4.11. The Balaban J connectivity index is 1.57. The van der Waals surface area contributed by atoms with Crippen LogP contribution in [0.4, 0.5) is 10.7 Å². The lowest BCUT2D eigenvalue weighted by Crippen LogP contribution is -2.51. The topological polar surface area (TPSA) is 146 Å². The molecule has 1 saturated heterocycles. The van der Waals surface area contributed by atoms with Gasteiger partial charge < -0.3 is 11.1 Å². The van der Waals surface area contributed by atoms with Crippen LogP contribution >= 0.6 is 11.8 Å². The summed E-state index contributed by atoms with van der Waals surface area (Å²) in [6, 6.07) is -0.586. The third-order valence-electron chi connectivity index (χ3n) is 3.92. The van der Waals surface area contributed by atoms with Gasteiger partial charge in [-0.1, -0.05) is 31.0 Å². The first-order chi connectivity index (χ1) is 11.0. The largest absolute Gasteiger partial charge is 0.368 e. The maximum atomic E-state index is 12.5. The number of thioether (sulfide) groups is 1. The van der Waals surface area contributed by atoms with Crippen LogP contribution in [-0.4, -0.2) is 49.3 Å². The third-order valence-corrected chi connectivity index (χ3v) is 4.77. The molecule has 1 aliphatic heterocycles. The van der Waals surface area contributed by atoms with Gasteiger partial charge in [0.25, 0.3) is 5.91 Å². The molecule has 10 nitrogen and oxygen atoms in total. The number of aromatic nitrogens is 3. The second-order valence-electron chi connectivity index (χ2n) is 5.54. The first-order valence-electron chi connectivity index (χ1n) is 7.27. The lowest BCUT2D eigenvalue weighted by atomic mass is 9.82. The number of nitrogens with zero attached hydrogens (tertiary/aromatic N) is 3. The van der Waals surface area contributed by atoms with Crippen LogP contribution in [0.25, 0.3) is 0 Å². The third kappa shape index (κ3) is 3.09. The molecule has 4 amide bonds. The highest BCUT2D eigenvalue weighted by Gasteiger charge is 2.52. The number of hydrogen-bond acceptors (Lipinski definition) is 7. The molecule has 0 radical (unpaired) electrons. The van der Waals surface area contributed by atoms with Crippen molar-refractivity contribution in [2.75, 3.05) is 11.5 Å². The number of rotatable bonds is 4. The molecule has 1 aromatic rings. The second kappa shape index (κ2) is 6.07. The highest BCUT2D eigenvalue weighted by molar-refractivity contribution is 7.99. The second-order valence-corrected chi connectivity index (χ2v) is 6.48. The van der Waals surface area contributed by atoms with E-state index in [4.69, 9.17) is 5.73 Å². The standard InChI is InChI=1S/C12H17N7O3S/c13-9-14-10(17-16-9)23-6-7(20)18-19-8(21)12(15-11(19)22)4-2-1-3-5-12/h1-6H2,(H,15,22)(H,18,20)(H3,13,14,16,17). The number of nitrogen functional groups attached to an aromatic ring is 1. The van der Waals surface area contributed by atoms with E-state index in [0.29, 0.717) is 18.0 Å². The first kappa shape index (κ1) is 15.6. The van der Waals surface area contributed by atoms with E-state index in [1.807, 2.05) is 0 Å². The number of amides is 4. The van der Waals surface area contributed by atoms with E-state index in [9.17, 15) is 14.4 Å². The predicted octanol–water partition coefficient (Wildman–Crippen LogP) is -0.235. The Morgan fingerprint density at radius 1 is 1.35 bits per heavy atom. The number of carbonyl (C=O) groups is 3. The van der Waals surface area contributed by atoms with Crippen molar-refractivity contribution in [1.29, 1.82) is 0 Å². The minimum atomic E-state index is -0.853. The maximum absolute atomic E-state index is 12.5. The van der Waals surface area contributed by atoms with Gasteiger partial charge in [0.2, 0.25) is 17.0 Å². The molecular weight excluding hydrogens is 322 g/mol. The van der Waals surface area contributed by atoms with Crippen molar-refractivity contribution < 1.29 is 14.4 Å². The van der Waals surface area contributed by atoms with Gasteiger partial charge in [0.1, 0.15) is 5.54 Å². The van der Waals surface area contributed by atoms with Gasteiger partial charge in [-0.25, -0.2) is 9.89 Å². The summed E-state index contributed by atoms with van der Waals surface area (Å²) in [4.78, 5) is 40.3. The zero-order valence-corrected chi connectivity index (χ0v) is 13.1. The minimum Gasteiger partial charge on any atom is -0.368 e. The van der Waals surface area contributed by atoms with E-state index in [0.717, 1.165) is 36.0 Å². The number of hydrogen-bond donors (Lipinski definition) is 4. The van der Waals surface area contributed by atoms with E-state index >= 15 is 0 Å². The quantitative estimate of drug-likeness (QED) is 0.437. The summed E-state index contributed by atoms with van der Waals surface area (Å²) in [6.45, 7) is 0. The van der Waals surface area contributed by atoms with Crippen LogP contribution in [-0.2, 0) is 9.59 Å². The van der Waals surface area contributed by atoms with Crippen LogP contribution in [0.1, 0.15) is 32.1 Å². The van der Waals surface area contributed by atoms with Gasteiger partial charge >= 0.3 is 6.03 Å². The normalized spacial score (nSPS) is 19.9. The van der Waals surface area contributed by atoms with Crippen LogP contribution in [0.5, 0.6) is 0 Å². The average Bonchev–Trinajstić information content (AvgIpc) is 3.04. The van der Waals surface area contributed by atoms with Crippen LogP contribution in [0.3, 0.4) is 0 Å². The molecule has 0 aromatic carbocycles. The molecule has 1 aromatic heterocycles. The Labute approximate surface area is 135 Å². The molecule has 23 heavy (non-hydrogen) atoms. The molecule has 0 bridgehead atoms. The number of H-pyrrole nitrogens is 1. The van der Waals surface area contributed by atoms with E-state index in [1.54, 1.807) is 0 Å². The smallest absolute Gasteiger partial charge is 0.344 e. The molecule has 1 saturated carbocycles. The summed E-state index contributed by atoms with van der Waals surface area (Å²) >= 11 is 1.05. The summed E-state index contributed by atoms with van der Waals surface area (Å²) in [7, 11) is 0. The molecule has 3 rings (SSSR count). The summed E-state index contributed by atoms with van der Waals surface area (Å²) in [5, 5.41) is 10.1. The predicted molar refractivity (Wildman–Crippen MR) is 80.9 cm³/mol. The van der Waals surface area contributed by atoms with Gasteiger partial charge in [-0.2, -0.15) is 9.99 Å². The summed E-state index contributed by atoms with van der Waals surface area (Å²) in [6.07, 6.45) is 4.03. The van der Waals surface area contributed by atoms with Crippen LogP contribution in [0.15, 0.2) is 5.16 Å². The molecule has 2 fully saturated rings. The summed E-state index contributed by atoms with van der Waals surface area (Å²) < 4.78 is 0. The zero-order valence-electron chi connectivity index (χ0n) is 12.3. The number of hydrazine groups is 1. The van der Waals surface area contributed by atoms with Crippen LogP contribution in [0, 0.1) is 0 Å². The van der Waals surface area contributed by atoms with Crippen molar-refractivity contribution in [3.8, 4) is 0 Å². The number of anilines is 1. The molecule has 124 valence electrons. The van der Waals surface area contributed by atoms with Crippen LogP contribution in [0.2, 0.25) is 0 Å². The number of nitrogens with one attached hydrogen (secondary N) is 3. The fraction of sp³-hybridized carbons (Fsp3) is 0.583. The monoisotopic (exact) mass is 339 g/mol. The molecule has 2 heterocycles. The van der Waals surface area contributed by atoms with Gasteiger partial charge in [-0.15, -0.1) is 5.10 Å². The molecule has 5 N–H and O–H groups in total. The highest BCUT2D eigenvalue weighted by Crippen LogP contribution is 2.33. The van der Waals surface area contributed by atoms with E-state index in [1.165, 1.54) is 0 Å². The van der Waals surface area contributed by atoms with E-state index in [-0.39, 0.29) is 17.6 Å². The van der Waals surface area contributed by atoms with Gasteiger partial charge in [-0.05, 0) is 12.8 Å². The lowest BCUT2D eigenvalue weighted by molar-refractivity contribution is -0.139. The molecule has 1 aliphatic carbocycles. The Hall–Kier alpha value is -2.30. The van der Waals surface area contributed by atoms with Gasteiger partial charge in [0.15, 0.2) is 0 Å². The van der Waals surface area contributed by atoms with Crippen molar-refractivity contribution >= 4 is 35.6 Å². The number of urea groups is 1. The summed E-state index contributed by atoms with van der Waals surface area (Å²) in [5.74, 6) is -0.764. The van der Waals surface area contributed by atoms with Crippen LogP contribution < -0.4 is 16.5 Å². The maximum Gasteiger partial charge on any atom is 0.344 e. The highest BCUT2D eigenvalue weighted by atomic mass is 32.2. The van der Waals surface area contributed by atoms with Crippen molar-refractivity contribution in [2.45, 2.75) is 42.8 Å². The van der Waals surface area contributed by atoms with Gasteiger partial charge in [0, 0.05) is 0 Å². The molecule has 0 atom stereocenters. The molecule has 1 spiro atoms. The fourth-order valence-electron chi connectivity index (χ4n) is 2.83. The Morgan fingerprint density at radius 2 is 2.09 bits per heavy atom. The van der Waals surface area contributed by atoms with Gasteiger partial charge in [-0.3, -0.25) is 15.0 Å². The Morgan fingerprint density at radius 3 is 2.74 bits per heavy atom. The molecule has 11 heteroatoms. The van der Waals surface area contributed by atoms with Gasteiger partial charge in [0.05, 0.1) is 5.75 Å². The minimum absolute atomic E-state index is 0.0403. The van der Waals surface area contributed by atoms with Crippen molar-refractivity contribution in [1.82, 2.24) is 30.9 Å². The molecule has 0 unspecified atom stereocenters. The fourth-order valence-corrected chi connectivity index (χ4v) is 3.42. The van der Waals surface area contributed by atoms with Crippen molar-refractivity contribution in [3.63, 3.8) is 0 Å².